The highest BCUT2D eigenvalue weighted by atomic mass is 32.2. The van der Waals surface area contributed by atoms with E-state index in [-0.39, 0.29) is 41.4 Å². The molecule has 2 aromatic heterocycles. The third-order valence-electron chi connectivity index (χ3n) is 9.71. The van der Waals surface area contributed by atoms with Crippen LogP contribution >= 0.6 is 23.1 Å². The van der Waals surface area contributed by atoms with Crippen LogP contribution in [0, 0.1) is 5.82 Å². The molecule has 0 spiro atoms. The molecule has 2 saturated heterocycles. The van der Waals surface area contributed by atoms with E-state index in [2.05, 4.69) is 41.9 Å². The summed E-state index contributed by atoms with van der Waals surface area (Å²) in [5.41, 5.74) is 3.62. The first-order chi connectivity index (χ1) is 27.1. The molecule has 296 valence electrons. The van der Waals surface area contributed by atoms with Crippen molar-refractivity contribution in [2.45, 2.75) is 88.5 Å². The van der Waals surface area contributed by atoms with Crippen LogP contribution in [0.1, 0.15) is 80.8 Å². The Kier molecular flexibility index (Phi) is 14.2. The fourth-order valence-corrected chi connectivity index (χ4v) is 9.34. The number of rotatable bonds is 19. The number of pyridine rings is 1. The van der Waals surface area contributed by atoms with E-state index in [1.807, 2.05) is 36.0 Å². The summed E-state index contributed by atoms with van der Waals surface area (Å²) in [7, 11) is 0. The van der Waals surface area contributed by atoms with Gasteiger partial charge in [0.05, 0.1) is 33.7 Å². The lowest BCUT2D eigenvalue weighted by Crippen LogP contribution is -2.36. The minimum absolute atomic E-state index is 0.0446. The van der Waals surface area contributed by atoms with Gasteiger partial charge >= 0.3 is 6.03 Å². The van der Waals surface area contributed by atoms with Crippen LogP contribution in [0.2, 0.25) is 0 Å². The number of thiazole rings is 1. The molecule has 3 atom stereocenters. The summed E-state index contributed by atoms with van der Waals surface area (Å²) in [4.78, 5) is 70.1. The summed E-state index contributed by atoms with van der Waals surface area (Å²) >= 11 is 3.24. The molecule has 16 heteroatoms. The van der Waals surface area contributed by atoms with E-state index in [0.717, 1.165) is 65.6 Å². The molecule has 2 aromatic carbocycles. The van der Waals surface area contributed by atoms with Gasteiger partial charge in [-0.05, 0) is 80.5 Å². The number of aromatic nitrogens is 2. The maximum Gasteiger partial charge on any atom is 0.315 e. The Morgan fingerprint density at radius 1 is 0.875 bits per heavy atom. The number of benzene rings is 2. The van der Waals surface area contributed by atoms with E-state index in [1.165, 1.54) is 42.5 Å². The molecule has 4 heterocycles. The number of aryl methyl sites for hydroxylation is 1. The van der Waals surface area contributed by atoms with Gasteiger partial charge in [0.25, 0.3) is 5.91 Å². The molecule has 56 heavy (non-hydrogen) atoms. The minimum atomic E-state index is -0.515. The van der Waals surface area contributed by atoms with E-state index >= 15 is 0 Å². The van der Waals surface area contributed by atoms with Crippen LogP contribution in [0.3, 0.4) is 0 Å². The lowest BCUT2D eigenvalue weighted by atomic mass is 10.0. The second-order valence-corrected chi connectivity index (χ2v) is 16.4. The number of fused-ring (bicyclic) bond motifs is 2. The molecule has 0 radical (unpaired) electrons. The molecular formula is C40H47FN8O5S2. The number of anilines is 2. The molecule has 2 aliphatic heterocycles. The van der Waals surface area contributed by atoms with Crippen molar-refractivity contribution in [3.05, 3.63) is 71.8 Å². The first kappa shape index (κ1) is 40.6. The van der Waals surface area contributed by atoms with Crippen LogP contribution in [0.5, 0.6) is 0 Å². The maximum absolute atomic E-state index is 13.9. The zero-order valence-electron chi connectivity index (χ0n) is 31.3. The SMILES string of the molecule is CC(=O)Nc1nc2ccc(-c3cnc(CCCNC(=O)CCCCCNC(=O)CCCC[C@@H]4SCC5NC(=O)N[C@@H]54)c(NC(=O)c4cccc(F)c4)c3)cc2s1. The predicted molar refractivity (Wildman–Crippen MR) is 218 cm³/mol. The smallest absolute Gasteiger partial charge is 0.315 e. The maximum atomic E-state index is 13.9. The first-order valence-corrected chi connectivity index (χ1v) is 20.9. The molecule has 2 fully saturated rings. The van der Waals surface area contributed by atoms with Crippen molar-refractivity contribution in [3.63, 3.8) is 0 Å². The van der Waals surface area contributed by atoms with Gasteiger partial charge in [0, 0.05) is 61.2 Å². The summed E-state index contributed by atoms with van der Waals surface area (Å²) < 4.78 is 14.8. The first-order valence-electron chi connectivity index (χ1n) is 19.1. The zero-order valence-corrected chi connectivity index (χ0v) is 32.9. The molecule has 0 aliphatic carbocycles. The van der Waals surface area contributed by atoms with Gasteiger partial charge in [-0.15, -0.1) is 0 Å². The van der Waals surface area contributed by atoms with Gasteiger partial charge in [-0.25, -0.2) is 14.2 Å². The van der Waals surface area contributed by atoms with E-state index in [0.29, 0.717) is 60.5 Å². The second kappa shape index (κ2) is 19.7. The van der Waals surface area contributed by atoms with Gasteiger partial charge in [0.1, 0.15) is 5.82 Å². The lowest BCUT2D eigenvalue weighted by Gasteiger charge is -2.16. The highest BCUT2D eigenvalue weighted by molar-refractivity contribution is 8.00. The van der Waals surface area contributed by atoms with Crippen LogP contribution in [0.4, 0.5) is 20.0 Å². The van der Waals surface area contributed by atoms with Gasteiger partial charge in [0.2, 0.25) is 17.7 Å². The number of amides is 6. The second-order valence-electron chi connectivity index (χ2n) is 14.0. The van der Waals surface area contributed by atoms with Gasteiger partial charge in [-0.3, -0.25) is 24.2 Å². The third kappa shape index (κ3) is 11.5. The molecule has 0 bridgehead atoms. The largest absolute Gasteiger partial charge is 0.356 e. The fraction of sp³-hybridized carbons (Fsp3) is 0.425. The summed E-state index contributed by atoms with van der Waals surface area (Å²) in [6.07, 6.45) is 8.78. The van der Waals surface area contributed by atoms with E-state index in [9.17, 15) is 28.4 Å². The van der Waals surface area contributed by atoms with E-state index in [1.54, 1.807) is 6.20 Å². The Bertz CT molecular complexity index is 2060. The topological polar surface area (TPSA) is 183 Å². The average Bonchev–Trinajstić information content (AvgIpc) is 3.86. The van der Waals surface area contributed by atoms with E-state index < -0.39 is 11.7 Å². The summed E-state index contributed by atoms with van der Waals surface area (Å²) in [6, 6.07) is 13.3. The quantitative estimate of drug-likeness (QED) is 0.0482. The minimum Gasteiger partial charge on any atom is -0.356 e. The van der Waals surface area contributed by atoms with Crippen molar-refractivity contribution >= 4 is 73.8 Å². The third-order valence-corrected chi connectivity index (χ3v) is 12.1. The standard InChI is InChI=1S/C40H47FN8O5S2/c1-24(50)45-40-48-30-16-15-25(21-34(30)56-40)27-20-31(46-38(53)26-9-7-10-28(41)19-26)29(44-22-27)11-8-18-43-35(51)13-3-2-6-17-42-36(52)14-5-4-12-33-37-32(23-55-33)47-39(54)49-37/h7,9-10,15-16,19-22,32-33,37H,2-6,8,11-14,17-18,23H2,1H3,(H,42,52)(H,43,51)(H,46,53)(H,45,48,50)(H2,47,49,54)/t32?,33-,37-/m0/s1. The van der Waals surface area contributed by atoms with Crippen molar-refractivity contribution in [3.8, 4) is 11.1 Å². The molecule has 0 saturated carbocycles. The Labute approximate surface area is 333 Å². The van der Waals surface area contributed by atoms with Crippen molar-refractivity contribution in [2.24, 2.45) is 0 Å². The fourth-order valence-electron chi connectivity index (χ4n) is 6.84. The summed E-state index contributed by atoms with van der Waals surface area (Å²) in [6.45, 7) is 2.45. The number of hydrogen-bond acceptors (Lipinski definition) is 9. The Morgan fingerprint density at radius 3 is 2.45 bits per heavy atom. The van der Waals surface area contributed by atoms with Crippen LogP contribution in [-0.2, 0) is 20.8 Å². The van der Waals surface area contributed by atoms with Crippen LogP contribution in [0.15, 0.2) is 54.7 Å². The molecule has 4 aromatic rings. The van der Waals surface area contributed by atoms with Crippen LogP contribution in [-0.4, -0.2) is 75.8 Å². The normalized spacial score (nSPS) is 17.2. The van der Waals surface area contributed by atoms with Crippen molar-refractivity contribution in [2.75, 3.05) is 29.5 Å². The molecule has 6 amide bonds. The molecule has 6 rings (SSSR count). The number of halogens is 1. The number of urea groups is 1. The molecule has 6 N–H and O–H groups in total. The number of nitrogens with zero attached hydrogens (tertiary/aromatic N) is 2. The summed E-state index contributed by atoms with van der Waals surface area (Å²) in [5, 5.41) is 18.4. The van der Waals surface area contributed by atoms with Gasteiger partial charge in [-0.2, -0.15) is 11.8 Å². The van der Waals surface area contributed by atoms with Gasteiger partial charge in [0.15, 0.2) is 5.13 Å². The Hall–Kier alpha value is -5.09. The zero-order chi connectivity index (χ0) is 39.4. The lowest BCUT2D eigenvalue weighted by molar-refractivity contribution is -0.122. The van der Waals surface area contributed by atoms with Gasteiger partial charge in [-0.1, -0.05) is 36.3 Å². The van der Waals surface area contributed by atoms with E-state index in [4.69, 9.17) is 0 Å². The molecular weight excluding hydrogens is 756 g/mol. The van der Waals surface area contributed by atoms with Crippen molar-refractivity contribution < 1.29 is 28.4 Å². The molecule has 2 aliphatic rings. The molecule has 13 nitrogen and oxygen atoms in total. The monoisotopic (exact) mass is 802 g/mol. The number of carbonyl (C=O) groups is 5. The number of carbonyl (C=O) groups excluding carboxylic acids is 5. The Balaban J connectivity index is 0.909. The molecule has 1 unspecified atom stereocenters. The number of thioether (sulfide) groups is 1. The highest BCUT2D eigenvalue weighted by Gasteiger charge is 2.42. The highest BCUT2D eigenvalue weighted by Crippen LogP contribution is 2.34. The van der Waals surface area contributed by atoms with Crippen molar-refractivity contribution in [1.29, 1.82) is 0 Å². The predicted octanol–water partition coefficient (Wildman–Crippen LogP) is 6.16. The van der Waals surface area contributed by atoms with Crippen LogP contribution in [0.25, 0.3) is 21.3 Å². The Morgan fingerprint density at radius 2 is 1.66 bits per heavy atom. The number of hydrogen-bond donors (Lipinski definition) is 6. The number of nitrogens with one attached hydrogen (secondary N) is 6. The van der Waals surface area contributed by atoms with Crippen molar-refractivity contribution in [1.82, 2.24) is 31.2 Å². The van der Waals surface area contributed by atoms with Crippen LogP contribution < -0.4 is 31.9 Å². The summed E-state index contributed by atoms with van der Waals surface area (Å²) in [5.74, 6) is -0.244. The number of unbranched alkanes of at least 4 members (excludes halogenated alkanes) is 3. The van der Waals surface area contributed by atoms with Gasteiger partial charge < -0.3 is 31.9 Å². The average molecular weight is 803 g/mol.